The van der Waals surface area contributed by atoms with Gasteiger partial charge in [0, 0.05) is 17.1 Å². The quantitative estimate of drug-likeness (QED) is 0.155. The molecular formula is H6CuN2O4S. The van der Waals surface area contributed by atoms with Gasteiger partial charge in [-0.05, 0) is 0 Å². The zero-order valence-corrected chi connectivity index (χ0v) is 5.33. The van der Waals surface area contributed by atoms with Gasteiger partial charge in [0.25, 0.3) is 0 Å². The van der Waals surface area contributed by atoms with Crippen molar-refractivity contribution < 1.29 is 34.6 Å². The fraction of sp³-hybridized carbons (Fsp3) is 0. The van der Waals surface area contributed by atoms with Crippen molar-refractivity contribution in [3.8, 4) is 0 Å². The van der Waals surface area contributed by atoms with Crippen LogP contribution >= 0.6 is 0 Å². The van der Waals surface area contributed by atoms with Crippen molar-refractivity contribution in [1.29, 1.82) is 0 Å². The minimum absolute atomic E-state index is 0. The van der Waals surface area contributed by atoms with Crippen molar-refractivity contribution in [3.63, 3.8) is 0 Å². The van der Waals surface area contributed by atoms with Gasteiger partial charge >= 0.3 is 10.4 Å². The Morgan fingerprint density at radius 3 is 1.12 bits per heavy atom. The fourth-order valence-corrected chi connectivity index (χ4v) is 0. The van der Waals surface area contributed by atoms with E-state index < -0.39 is 10.4 Å². The molecule has 0 bridgehead atoms. The molecule has 0 heterocycles. The smallest absolute Gasteiger partial charge is 0.274 e. The standard InChI is InChI=1S/Cu.H4N2.H2O4S/c;1-2;1-5(2,3)4/h;1-2H2;(H2,1,2,3,4). The van der Waals surface area contributed by atoms with E-state index in [4.69, 9.17) is 17.5 Å². The molecule has 8 heavy (non-hydrogen) atoms. The molecule has 0 fully saturated rings. The number of nitrogens with two attached hydrogens (primary N) is 2. The number of hydrazine groups is 1. The van der Waals surface area contributed by atoms with Gasteiger partial charge in [0.05, 0.1) is 0 Å². The van der Waals surface area contributed by atoms with Crippen molar-refractivity contribution in [2.45, 2.75) is 0 Å². The molecule has 0 aliphatic carbocycles. The van der Waals surface area contributed by atoms with Crippen LogP contribution in [0, 0.1) is 0 Å². The second-order valence-electron chi connectivity index (χ2n) is 0.448. The number of rotatable bonds is 0. The van der Waals surface area contributed by atoms with Crippen LogP contribution < -0.4 is 11.7 Å². The normalized spacial score (nSPS) is 8.00. The maximum atomic E-state index is 8.74. The molecule has 0 aromatic rings. The summed E-state index contributed by atoms with van der Waals surface area (Å²) in [5, 5.41) is 0. The van der Waals surface area contributed by atoms with Crippen molar-refractivity contribution >= 4 is 10.4 Å². The van der Waals surface area contributed by atoms with Gasteiger partial charge in [0.1, 0.15) is 0 Å². The van der Waals surface area contributed by atoms with E-state index in [1.807, 2.05) is 0 Å². The second kappa shape index (κ2) is 7.31. The second-order valence-corrected chi connectivity index (χ2v) is 1.34. The maximum Gasteiger partial charge on any atom is 0.394 e. The first-order chi connectivity index (χ1) is 3.00. The molecule has 0 saturated heterocycles. The molecule has 0 saturated carbocycles. The SMILES string of the molecule is NN.O=S(=O)(O)O.[Cu]. The summed E-state index contributed by atoms with van der Waals surface area (Å²) in [7, 11) is -4.67. The van der Waals surface area contributed by atoms with Crippen LogP contribution in [0.4, 0.5) is 0 Å². The summed E-state index contributed by atoms with van der Waals surface area (Å²) in [6, 6.07) is 0. The first-order valence-electron chi connectivity index (χ1n) is 1.03. The van der Waals surface area contributed by atoms with E-state index in [0.717, 1.165) is 0 Å². The molecule has 0 aromatic carbocycles. The Morgan fingerprint density at radius 1 is 1.12 bits per heavy atom. The van der Waals surface area contributed by atoms with Crippen LogP contribution in [0.25, 0.3) is 0 Å². The van der Waals surface area contributed by atoms with E-state index in [2.05, 4.69) is 11.7 Å². The van der Waals surface area contributed by atoms with Crippen LogP contribution in [-0.4, -0.2) is 17.5 Å². The molecule has 1 radical (unpaired) electrons. The average molecular weight is 194 g/mol. The van der Waals surface area contributed by atoms with Gasteiger partial charge in [0.2, 0.25) is 0 Å². The Labute approximate surface area is 57.3 Å². The average Bonchev–Trinajstić information content (AvgIpc) is 1.36. The van der Waals surface area contributed by atoms with Crippen LogP contribution in [0.5, 0.6) is 0 Å². The molecule has 8 heteroatoms. The zero-order valence-electron chi connectivity index (χ0n) is 3.58. The number of hydrogen-bond donors (Lipinski definition) is 4. The minimum atomic E-state index is -4.67. The van der Waals surface area contributed by atoms with Crippen LogP contribution in [0.2, 0.25) is 0 Å². The maximum absolute atomic E-state index is 8.74. The van der Waals surface area contributed by atoms with Crippen molar-refractivity contribution in [2.24, 2.45) is 11.7 Å². The Morgan fingerprint density at radius 2 is 1.12 bits per heavy atom. The van der Waals surface area contributed by atoms with Gasteiger partial charge < -0.3 is 0 Å². The molecule has 6 N–H and O–H groups in total. The molecule has 0 unspecified atom stereocenters. The summed E-state index contributed by atoms with van der Waals surface area (Å²) >= 11 is 0. The Balaban J connectivity index is -0.0000000750. The first-order valence-corrected chi connectivity index (χ1v) is 2.43. The van der Waals surface area contributed by atoms with Gasteiger partial charge in [-0.1, -0.05) is 0 Å². The van der Waals surface area contributed by atoms with Crippen molar-refractivity contribution in [2.75, 3.05) is 0 Å². The molecule has 0 spiro atoms. The van der Waals surface area contributed by atoms with E-state index in [0.29, 0.717) is 0 Å². The molecular weight excluding hydrogens is 188 g/mol. The minimum Gasteiger partial charge on any atom is -0.274 e. The van der Waals surface area contributed by atoms with E-state index >= 15 is 0 Å². The first kappa shape index (κ1) is 15.7. The Kier molecular flexibility index (Phi) is 14.4. The number of hydrogen-bond acceptors (Lipinski definition) is 4. The van der Waals surface area contributed by atoms with Gasteiger partial charge in [-0.15, -0.1) is 0 Å². The third kappa shape index (κ3) is 1860. The van der Waals surface area contributed by atoms with E-state index in [1.165, 1.54) is 0 Å². The molecule has 0 aliphatic heterocycles. The van der Waals surface area contributed by atoms with E-state index in [-0.39, 0.29) is 17.1 Å². The van der Waals surface area contributed by atoms with E-state index in [1.54, 1.807) is 0 Å². The molecule has 0 atom stereocenters. The van der Waals surface area contributed by atoms with Crippen LogP contribution in [-0.2, 0) is 27.5 Å². The summed E-state index contributed by atoms with van der Waals surface area (Å²) < 4.78 is 31.6. The molecule has 0 aliphatic rings. The monoisotopic (exact) mass is 193 g/mol. The largest absolute Gasteiger partial charge is 0.394 e. The van der Waals surface area contributed by atoms with Gasteiger partial charge in [-0.25, -0.2) is 0 Å². The fourth-order valence-electron chi connectivity index (χ4n) is 0. The van der Waals surface area contributed by atoms with Crippen LogP contribution in [0.1, 0.15) is 0 Å². The predicted octanol–water partition coefficient (Wildman–Crippen LogP) is -1.84. The molecule has 6 nitrogen and oxygen atoms in total. The van der Waals surface area contributed by atoms with Gasteiger partial charge in [-0.3, -0.25) is 20.8 Å². The van der Waals surface area contributed by atoms with E-state index in [9.17, 15) is 0 Å². The van der Waals surface area contributed by atoms with Gasteiger partial charge in [0.15, 0.2) is 0 Å². The van der Waals surface area contributed by atoms with Crippen molar-refractivity contribution in [1.82, 2.24) is 0 Å². The topological polar surface area (TPSA) is 127 Å². The summed E-state index contributed by atoms with van der Waals surface area (Å²) in [5.74, 6) is 8.00. The molecule has 0 aromatic heterocycles. The zero-order chi connectivity index (χ0) is 6.50. The third-order valence-corrected chi connectivity index (χ3v) is 0. The predicted molar refractivity (Wildman–Crippen MR) is 22.6 cm³/mol. The molecule has 0 amide bonds. The summed E-state index contributed by atoms with van der Waals surface area (Å²) in [6.45, 7) is 0. The summed E-state index contributed by atoms with van der Waals surface area (Å²) in [5.41, 5.74) is 0. The van der Waals surface area contributed by atoms with Crippen LogP contribution in [0.3, 0.4) is 0 Å². The molecule has 0 rings (SSSR count). The summed E-state index contributed by atoms with van der Waals surface area (Å²) in [4.78, 5) is 0. The third-order valence-electron chi connectivity index (χ3n) is 0. The van der Waals surface area contributed by atoms with Crippen LogP contribution in [0.15, 0.2) is 0 Å². The van der Waals surface area contributed by atoms with Crippen molar-refractivity contribution in [3.05, 3.63) is 0 Å². The summed E-state index contributed by atoms with van der Waals surface area (Å²) in [6.07, 6.45) is 0. The Bertz CT molecular complexity index is 97.2. The molecule has 57 valence electrons. The van der Waals surface area contributed by atoms with Gasteiger partial charge in [-0.2, -0.15) is 8.42 Å². The Hall–Kier alpha value is 0.309.